The molecule has 6 heteroatoms. The molecule has 1 amide bonds. The number of rotatable bonds is 3. The van der Waals surface area contributed by atoms with Gasteiger partial charge in [0.15, 0.2) is 0 Å². The Morgan fingerprint density at radius 1 is 1.09 bits per heavy atom. The van der Waals surface area contributed by atoms with E-state index in [0.29, 0.717) is 12.5 Å². The normalized spacial score (nSPS) is 42.2. The van der Waals surface area contributed by atoms with E-state index in [1.165, 1.54) is 9.87 Å². The molecule has 2 bridgehead atoms. The summed E-state index contributed by atoms with van der Waals surface area (Å²) in [7, 11) is -3.57. The highest BCUT2D eigenvalue weighted by molar-refractivity contribution is 7.90. The Hall–Kier alpha value is -1.40. The van der Waals surface area contributed by atoms with Gasteiger partial charge in [-0.25, -0.2) is 12.7 Å². The number of benzene rings is 1. The smallest absolute Gasteiger partial charge is 0.244 e. The van der Waals surface area contributed by atoms with E-state index in [1.54, 1.807) is 0 Å². The summed E-state index contributed by atoms with van der Waals surface area (Å²) in [5.41, 5.74) is 0.480. The number of nitrogens with zero attached hydrogens (tertiary/aromatic N) is 2. The fourth-order valence-corrected chi connectivity index (χ4v) is 11.3. The second-order valence-corrected chi connectivity index (χ2v) is 13.8. The Morgan fingerprint density at radius 2 is 1.84 bits per heavy atom. The first-order valence-corrected chi connectivity index (χ1v) is 14.1. The van der Waals surface area contributed by atoms with Crippen molar-refractivity contribution in [2.75, 3.05) is 18.8 Å². The number of amides is 1. The summed E-state index contributed by atoms with van der Waals surface area (Å²) in [5.74, 6) is 0.908. The quantitative estimate of drug-likeness (QED) is 0.683. The SMILES string of the molecule is C[C@@H](c1ccccc1)N1C[C@H]2CCC[C@@]2(C(=O)N2[C@@H]3C[C@H]4CC[C@]3(CS2(=O)=O)C4(C)C)C1. The molecule has 5 nitrogen and oxygen atoms in total. The second-order valence-electron chi connectivity index (χ2n) is 12.0. The molecule has 1 spiro atoms. The minimum absolute atomic E-state index is 0.00392. The molecular formula is C26H36N2O3S. The first kappa shape index (κ1) is 21.2. The molecule has 2 aliphatic heterocycles. The Kier molecular flexibility index (Phi) is 4.36. The highest BCUT2D eigenvalue weighted by Crippen LogP contribution is 2.70. The average molecular weight is 457 g/mol. The Labute approximate surface area is 192 Å². The Bertz CT molecular complexity index is 1050. The topological polar surface area (TPSA) is 57.7 Å². The molecule has 6 atom stereocenters. The van der Waals surface area contributed by atoms with Crippen LogP contribution in [0.4, 0.5) is 0 Å². The summed E-state index contributed by atoms with van der Waals surface area (Å²) >= 11 is 0. The number of hydrogen-bond donors (Lipinski definition) is 0. The minimum atomic E-state index is -3.57. The van der Waals surface area contributed by atoms with Crippen LogP contribution < -0.4 is 0 Å². The molecule has 5 aliphatic rings. The monoisotopic (exact) mass is 456 g/mol. The molecule has 5 fully saturated rings. The highest BCUT2D eigenvalue weighted by atomic mass is 32.2. The van der Waals surface area contributed by atoms with E-state index in [0.717, 1.165) is 45.1 Å². The zero-order valence-corrected chi connectivity index (χ0v) is 20.4. The van der Waals surface area contributed by atoms with Crippen LogP contribution in [0.1, 0.15) is 70.9 Å². The van der Waals surface area contributed by atoms with Gasteiger partial charge in [0.1, 0.15) is 0 Å². The third kappa shape index (κ3) is 2.49. The summed E-state index contributed by atoms with van der Waals surface area (Å²) < 4.78 is 28.6. The van der Waals surface area contributed by atoms with E-state index < -0.39 is 15.4 Å². The molecule has 0 unspecified atom stereocenters. The van der Waals surface area contributed by atoms with Crippen LogP contribution in [0.15, 0.2) is 30.3 Å². The van der Waals surface area contributed by atoms with Gasteiger partial charge in [-0.3, -0.25) is 9.69 Å². The van der Waals surface area contributed by atoms with Crippen LogP contribution in [-0.2, 0) is 14.8 Å². The van der Waals surface area contributed by atoms with Gasteiger partial charge in [-0.05, 0) is 61.8 Å². The summed E-state index contributed by atoms with van der Waals surface area (Å²) in [6.07, 6.45) is 5.81. The minimum Gasteiger partial charge on any atom is -0.295 e. The van der Waals surface area contributed by atoms with Gasteiger partial charge < -0.3 is 0 Å². The summed E-state index contributed by atoms with van der Waals surface area (Å²) in [6.45, 7) is 8.30. The molecule has 6 rings (SSSR count). The van der Waals surface area contributed by atoms with Crippen molar-refractivity contribution >= 4 is 15.9 Å². The van der Waals surface area contributed by atoms with Crippen molar-refractivity contribution in [3.05, 3.63) is 35.9 Å². The van der Waals surface area contributed by atoms with Crippen molar-refractivity contribution in [2.45, 2.75) is 71.4 Å². The average Bonchev–Trinajstić information content (AvgIpc) is 3.47. The summed E-state index contributed by atoms with van der Waals surface area (Å²) in [4.78, 5) is 16.7. The molecular weight excluding hydrogens is 420 g/mol. The summed E-state index contributed by atoms with van der Waals surface area (Å²) in [5, 5.41) is 0. The molecule has 1 aromatic carbocycles. The van der Waals surface area contributed by atoms with Crippen LogP contribution in [0.2, 0.25) is 0 Å². The fraction of sp³-hybridized carbons (Fsp3) is 0.731. The van der Waals surface area contributed by atoms with Gasteiger partial charge in [-0.2, -0.15) is 0 Å². The maximum Gasteiger partial charge on any atom is 0.244 e. The molecule has 1 aromatic rings. The number of carbonyl (C=O) groups excluding carboxylic acids is 1. The van der Waals surface area contributed by atoms with E-state index in [9.17, 15) is 13.2 Å². The lowest BCUT2D eigenvalue weighted by Crippen LogP contribution is -2.52. The van der Waals surface area contributed by atoms with Crippen LogP contribution in [0, 0.1) is 28.1 Å². The van der Waals surface area contributed by atoms with Crippen molar-refractivity contribution < 1.29 is 13.2 Å². The molecule has 0 radical (unpaired) electrons. The number of likely N-dealkylation sites (tertiary alicyclic amines) is 1. The van der Waals surface area contributed by atoms with Gasteiger partial charge in [0, 0.05) is 24.5 Å². The highest BCUT2D eigenvalue weighted by Gasteiger charge is 2.73. The molecule has 3 aliphatic carbocycles. The number of hydrogen-bond acceptors (Lipinski definition) is 4. The number of fused-ring (bicyclic) bond motifs is 2. The molecule has 174 valence electrons. The van der Waals surface area contributed by atoms with Crippen LogP contribution in [-0.4, -0.2) is 48.4 Å². The molecule has 32 heavy (non-hydrogen) atoms. The van der Waals surface area contributed by atoms with E-state index in [-0.39, 0.29) is 40.5 Å². The van der Waals surface area contributed by atoms with Crippen molar-refractivity contribution in [3.63, 3.8) is 0 Å². The van der Waals surface area contributed by atoms with Crippen LogP contribution in [0.5, 0.6) is 0 Å². The molecule has 2 saturated heterocycles. The third-order valence-electron chi connectivity index (χ3n) is 10.8. The first-order valence-electron chi connectivity index (χ1n) is 12.5. The summed E-state index contributed by atoms with van der Waals surface area (Å²) in [6, 6.07) is 10.6. The van der Waals surface area contributed by atoms with Crippen LogP contribution >= 0.6 is 0 Å². The largest absolute Gasteiger partial charge is 0.295 e. The van der Waals surface area contributed by atoms with E-state index >= 15 is 0 Å². The van der Waals surface area contributed by atoms with E-state index in [2.05, 4.69) is 49.9 Å². The zero-order chi connectivity index (χ0) is 22.5. The van der Waals surface area contributed by atoms with Crippen molar-refractivity contribution in [3.8, 4) is 0 Å². The number of sulfonamides is 1. The van der Waals surface area contributed by atoms with Crippen LogP contribution in [0.25, 0.3) is 0 Å². The Morgan fingerprint density at radius 3 is 2.56 bits per heavy atom. The van der Waals surface area contributed by atoms with Gasteiger partial charge in [0.2, 0.25) is 15.9 Å². The Balaban J connectivity index is 1.34. The van der Waals surface area contributed by atoms with Gasteiger partial charge >= 0.3 is 0 Å². The molecule has 0 N–H and O–H groups in total. The van der Waals surface area contributed by atoms with Gasteiger partial charge in [0.05, 0.1) is 17.2 Å². The van der Waals surface area contributed by atoms with Crippen molar-refractivity contribution in [1.29, 1.82) is 0 Å². The lowest BCUT2D eigenvalue weighted by Gasteiger charge is -2.39. The van der Waals surface area contributed by atoms with Gasteiger partial charge in [0.25, 0.3) is 0 Å². The maximum absolute atomic E-state index is 14.3. The lowest BCUT2D eigenvalue weighted by atomic mass is 9.68. The third-order valence-corrected chi connectivity index (χ3v) is 12.7. The lowest BCUT2D eigenvalue weighted by molar-refractivity contribution is -0.140. The zero-order valence-electron chi connectivity index (χ0n) is 19.6. The predicted octanol–water partition coefficient (Wildman–Crippen LogP) is 4.22. The van der Waals surface area contributed by atoms with E-state index in [1.807, 2.05) is 6.07 Å². The van der Waals surface area contributed by atoms with Gasteiger partial charge in [-0.15, -0.1) is 0 Å². The molecule has 2 heterocycles. The van der Waals surface area contributed by atoms with Crippen molar-refractivity contribution in [1.82, 2.24) is 9.21 Å². The van der Waals surface area contributed by atoms with Gasteiger partial charge in [-0.1, -0.05) is 50.6 Å². The fourth-order valence-electron chi connectivity index (χ4n) is 8.69. The molecule has 0 aromatic heterocycles. The first-order chi connectivity index (χ1) is 15.1. The second kappa shape index (κ2) is 6.59. The molecule has 3 saturated carbocycles. The maximum atomic E-state index is 14.3. The van der Waals surface area contributed by atoms with E-state index in [4.69, 9.17) is 0 Å². The number of carbonyl (C=O) groups is 1. The van der Waals surface area contributed by atoms with Crippen LogP contribution in [0.3, 0.4) is 0 Å². The predicted molar refractivity (Wildman–Crippen MR) is 124 cm³/mol. The standard InChI is InChI=1S/C26H36N2O3S/c1-18(19-8-5-4-6-9-19)27-15-21-10-7-12-25(21,16-27)23(29)28-22-14-20-11-13-26(22,24(20,2)3)17-32(28,30)31/h4-6,8-9,18,20-22H,7,10-17H2,1-3H3/t18-,20+,21+,22+,25+,26+/m0/s1. The van der Waals surface area contributed by atoms with Crippen molar-refractivity contribution in [2.24, 2.45) is 28.1 Å².